The van der Waals surface area contributed by atoms with Crippen molar-refractivity contribution >= 4 is 22.4 Å². The van der Waals surface area contributed by atoms with Gasteiger partial charge in [-0.3, -0.25) is 0 Å². The maximum absolute atomic E-state index is 11.2. The number of thiazole rings is 1. The summed E-state index contributed by atoms with van der Waals surface area (Å²) in [7, 11) is 3.54. The van der Waals surface area contributed by atoms with Crippen molar-refractivity contribution in [3.8, 4) is 0 Å². The molecule has 1 heterocycles. The van der Waals surface area contributed by atoms with Crippen LogP contribution in [0.25, 0.3) is 0 Å². The third kappa shape index (κ3) is 2.64. The molecule has 0 bridgehead atoms. The lowest BCUT2D eigenvalue weighted by molar-refractivity contribution is 0.0697. The standard InChI is InChI=1S/C12H18N2O3S/c1-14(8-5-3-4-6-8)12-13-9(7-17-2)10(18-12)11(15)16/h8H,3-7H2,1-2H3,(H,15,16). The molecule has 0 atom stereocenters. The Morgan fingerprint density at radius 3 is 2.78 bits per heavy atom. The predicted octanol–water partition coefficient (Wildman–Crippen LogP) is 2.37. The zero-order valence-electron chi connectivity index (χ0n) is 10.7. The largest absolute Gasteiger partial charge is 0.477 e. The molecule has 0 amide bonds. The van der Waals surface area contributed by atoms with Crippen molar-refractivity contribution in [2.75, 3.05) is 19.1 Å². The normalized spacial score (nSPS) is 16.1. The maximum atomic E-state index is 11.2. The SMILES string of the molecule is COCc1nc(N(C)C2CCCC2)sc1C(=O)O. The highest BCUT2D eigenvalue weighted by Crippen LogP contribution is 2.31. The topological polar surface area (TPSA) is 62.7 Å². The second kappa shape index (κ2) is 5.67. The van der Waals surface area contributed by atoms with E-state index in [9.17, 15) is 4.79 Å². The number of hydrogen-bond donors (Lipinski definition) is 1. The van der Waals surface area contributed by atoms with Gasteiger partial charge in [-0.15, -0.1) is 0 Å². The lowest BCUT2D eigenvalue weighted by Gasteiger charge is -2.23. The maximum Gasteiger partial charge on any atom is 0.347 e. The van der Waals surface area contributed by atoms with Gasteiger partial charge in [0.05, 0.1) is 12.3 Å². The molecule has 2 rings (SSSR count). The summed E-state index contributed by atoms with van der Waals surface area (Å²) in [6.45, 7) is 0.247. The molecule has 1 aromatic rings. The monoisotopic (exact) mass is 270 g/mol. The number of anilines is 1. The molecular weight excluding hydrogens is 252 g/mol. The van der Waals surface area contributed by atoms with Crippen LogP contribution in [0.1, 0.15) is 41.0 Å². The van der Waals surface area contributed by atoms with Crippen molar-refractivity contribution in [3.63, 3.8) is 0 Å². The second-order valence-electron chi connectivity index (χ2n) is 4.56. The van der Waals surface area contributed by atoms with Crippen molar-refractivity contribution in [1.82, 2.24) is 4.98 Å². The van der Waals surface area contributed by atoms with Gasteiger partial charge in [0.2, 0.25) is 0 Å². The minimum absolute atomic E-state index is 0.247. The van der Waals surface area contributed by atoms with Gasteiger partial charge >= 0.3 is 5.97 Å². The molecule has 18 heavy (non-hydrogen) atoms. The van der Waals surface area contributed by atoms with Crippen molar-refractivity contribution in [2.45, 2.75) is 38.3 Å². The van der Waals surface area contributed by atoms with Crippen LogP contribution in [-0.2, 0) is 11.3 Å². The summed E-state index contributed by atoms with van der Waals surface area (Å²) in [4.78, 5) is 18.0. The number of methoxy groups -OCH3 is 1. The zero-order valence-corrected chi connectivity index (χ0v) is 11.5. The second-order valence-corrected chi connectivity index (χ2v) is 5.54. The first-order chi connectivity index (χ1) is 8.63. The molecule has 0 radical (unpaired) electrons. The Balaban J connectivity index is 2.22. The molecule has 0 saturated heterocycles. The van der Waals surface area contributed by atoms with E-state index in [1.54, 1.807) is 7.11 Å². The van der Waals surface area contributed by atoms with Gasteiger partial charge in [0.15, 0.2) is 5.13 Å². The first-order valence-corrected chi connectivity index (χ1v) is 6.90. The van der Waals surface area contributed by atoms with E-state index in [1.165, 1.54) is 24.2 Å². The van der Waals surface area contributed by atoms with Gasteiger partial charge in [0, 0.05) is 20.2 Å². The van der Waals surface area contributed by atoms with Crippen molar-refractivity contribution in [1.29, 1.82) is 0 Å². The van der Waals surface area contributed by atoms with Crippen LogP contribution in [0, 0.1) is 0 Å². The molecule has 0 aliphatic heterocycles. The molecule has 1 saturated carbocycles. The van der Waals surface area contributed by atoms with Crippen LogP contribution in [0.3, 0.4) is 0 Å². The smallest absolute Gasteiger partial charge is 0.347 e. The molecule has 1 aliphatic rings. The molecule has 5 nitrogen and oxygen atoms in total. The Morgan fingerprint density at radius 2 is 2.22 bits per heavy atom. The average Bonchev–Trinajstić information content (AvgIpc) is 2.97. The van der Waals surface area contributed by atoms with E-state index < -0.39 is 5.97 Å². The Hall–Kier alpha value is -1.14. The number of rotatable bonds is 5. The molecule has 1 fully saturated rings. The van der Waals surface area contributed by atoms with E-state index in [-0.39, 0.29) is 11.5 Å². The molecule has 0 spiro atoms. The van der Waals surface area contributed by atoms with Gasteiger partial charge < -0.3 is 14.7 Å². The highest BCUT2D eigenvalue weighted by Gasteiger charge is 2.25. The molecular formula is C12H18N2O3S. The summed E-state index contributed by atoms with van der Waals surface area (Å²) in [5, 5.41) is 9.93. The van der Waals surface area contributed by atoms with Gasteiger partial charge in [0.25, 0.3) is 0 Å². The lowest BCUT2D eigenvalue weighted by Crippen LogP contribution is -2.28. The molecule has 6 heteroatoms. The fourth-order valence-electron chi connectivity index (χ4n) is 2.34. The van der Waals surface area contributed by atoms with Crippen molar-refractivity contribution < 1.29 is 14.6 Å². The van der Waals surface area contributed by atoms with Crippen LogP contribution in [-0.4, -0.2) is 36.3 Å². The molecule has 1 aromatic heterocycles. The number of ether oxygens (including phenoxy) is 1. The number of nitrogens with zero attached hydrogens (tertiary/aromatic N) is 2. The number of aromatic nitrogens is 1. The quantitative estimate of drug-likeness (QED) is 0.890. The number of carboxylic acid groups (broad SMARTS) is 1. The molecule has 1 aliphatic carbocycles. The van der Waals surface area contributed by atoms with E-state index in [0.717, 1.165) is 18.0 Å². The number of aromatic carboxylic acids is 1. The summed E-state index contributed by atoms with van der Waals surface area (Å²) in [5.41, 5.74) is 0.523. The van der Waals surface area contributed by atoms with Gasteiger partial charge in [-0.1, -0.05) is 24.2 Å². The van der Waals surface area contributed by atoms with Gasteiger partial charge in [-0.25, -0.2) is 9.78 Å². The van der Waals surface area contributed by atoms with Crippen LogP contribution in [0.4, 0.5) is 5.13 Å². The Morgan fingerprint density at radius 1 is 1.56 bits per heavy atom. The number of hydrogen-bond acceptors (Lipinski definition) is 5. The van der Waals surface area contributed by atoms with Gasteiger partial charge in [-0.05, 0) is 12.8 Å². The van der Waals surface area contributed by atoms with E-state index >= 15 is 0 Å². The van der Waals surface area contributed by atoms with Gasteiger partial charge in [-0.2, -0.15) is 0 Å². The van der Waals surface area contributed by atoms with Gasteiger partial charge in [0.1, 0.15) is 4.88 Å². The van der Waals surface area contributed by atoms with Crippen LogP contribution in [0.15, 0.2) is 0 Å². The third-order valence-corrected chi connectivity index (χ3v) is 4.51. The fraction of sp³-hybridized carbons (Fsp3) is 0.667. The zero-order chi connectivity index (χ0) is 13.1. The summed E-state index contributed by atoms with van der Waals surface area (Å²) in [6.07, 6.45) is 4.82. The van der Waals surface area contributed by atoms with Crippen LogP contribution >= 0.6 is 11.3 Å². The highest BCUT2D eigenvalue weighted by atomic mass is 32.1. The van der Waals surface area contributed by atoms with Crippen LogP contribution in [0.2, 0.25) is 0 Å². The Bertz CT molecular complexity index is 427. The number of carbonyl (C=O) groups is 1. The molecule has 0 unspecified atom stereocenters. The highest BCUT2D eigenvalue weighted by molar-refractivity contribution is 7.17. The Kier molecular flexibility index (Phi) is 4.19. The van der Waals surface area contributed by atoms with E-state index in [0.29, 0.717) is 11.7 Å². The Labute approximate surface area is 110 Å². The van der Waals surface area contributed by atoms with E-state index in [1.807, 2.05) is 7.05 Å². The fourth-order valence-corrected chi connectivity index (χ4v) is 3.28. The van der Waals surface area contributed by atoms with Crippen LogP contribution in [0.5, 0.6) is 0 Å². The first-order valence-electron chi connectivity index (χ1n) is 6.08. The average molecular weight is 270 g/mol. The lowest BCUT2D eigenvalue weighted by atomic mass is 10.2. The predicted molar refractivity (Wildman–Crippen MR) is 70.4 cm³/mol. The summed E-state index contributed by atoms with van der Waals surface area (Å²) >= 11 is 1.24. The number of carboxylic acids is 1. The summed E-state index contributed by atoms with van der Waals surface area (Å²) < 4.78 is 5.00. The molecule has 0 aromatic carbocycles. The van der Waals surface area contributed by atoms with E-state index in [4.69, 9.17) is 9.84 Å². The minimum Gasteiger partial charge on any atom is -0.477 e. The van der Waals surface area contributed by atoms with Crippen LogP contribution < -0.4 is 4.90 Å². The minimum atomic E-state index is -0.925. The third-order valence-electron chi connectivity index (χ3n) is 3.34. The van der Waals surface area contributed by atoms with Crippen molar-refractivity contribution in [3.05, 3.63) is 10.6 Å². The molecule has 1 N–H and O–H groups in total. The van der Waals surface area contributed by atoms with Crippen molar-refractivity contribution in [2.24, 2.45) is 0 Å². The molecule has 100 valence electrons. The first kappa shape index (κ1) is 13.3. The van der Waals surface area contributed by atoms with E-state index in [2.05, 4.69) is 9.88 Å². The summed E-state index contributed by atoms with van der Waals surface area (Å²) in [5.74, 6) is -0.925. The summed E-state index contributed by atoms with van der Waals surface area (Å²) in [6, 6.07) is 0.494.